The van der Waals surface area contributed by atoms with Gasteiger partial charge in [0.1, 0.15) is 24.7 Å². The highest BCUT2D eigenvalue weighted by molar-refractivity contribution is 5.87. The molecule has 0 aliphatic rings. The highest BCUT2D eigenvalue weighted by Gasteiger charge is 2.04. The van der Waals surface area contributed by atoms with E-state index < -0.39 is 11.9 Å². The average molecular weight is 382 g/mol. The predicted molar refractivity (Wildman–Crippen MR) is 108 cm³/mol. The number of rotatable bonds is 8. The second-order valence-corrected chi connectivity index (χ2v) is 5.92. The van der Waals surface area contributed by atoms with E-state index in [-0.39, 0.29) is 18.8 Å². The zero-order valence-electron chi connectivity index (χ0n) is 15.5. The molecule has 0 aliphatic heterocycles. The van der Waals surface area contributed by atoms with Crippen molar-refractivity contribution in [1.82, 2.24) is 0 Å². The topological polar surface area (TPSA) is 114 Å². The summed E-state index contributed by atoms with van der Waals surface area (Å²) in [6.45, 7) is 4.94. The number of carbonyl (C=O) groups is 2. The maximum absolute atomic E-state index is 11.7. The first-order valence-corrected chi connectivity index (χ1v) is 8.45. The average Bonchev–Trinajstić information content (AvgIpc) is 2.63. The largest absolute Gasteiger partial charge is 0.459 e. The fourth-order valence-corrected chi connectivity index (χ4v) is 2.10. The smallest absolute Gasteiger partial charge is 0.333 e. The second-order valence-electron chi connectivity index (χ2n) is 5.92. The quantitative estimate of drug-likeness (QED) is 0.311. The summed E-state index contributed by atoms with van der Waals surface area (Å²) in [7, 11) is 0. The van der Waals surface area contributed by atoms with Crippen LogP contribution in [-0.2, 0) is 19.1 Å². The molecule has 2 aromatic carbocycles. The van der Waals surface area contributed by atoms with Gasteiger partial charge in [-0.05, 0) is 36.8 Å². The molecule has 28 heavy (non-hydrogen) atoms. The van der Waals surface area contributed by atoms with Crippen molar-refractivity contribution in [3.8, 4) is 11.5 Å². The Balaban J connectivity index is 1.81. The number of carbonyl (C=O) groups excluding carboxylic acids is 2. The molecule has 0 saturated carbocycles. The first kappa shape index (κ1) is 20.6. The molecule has 0 aromatic heterocycles. The van der Waals surface area contributed by atoms with E-state index in [1.165, 1.54) is 13.0 Å². The fraction of sp³-hybridized carbons (Fsp3) is 0.143. The van der Waals surface area contributed by atoms with Gasteiger partial charge in [-0.2, -0.15) is 0 Å². The van der Waals surface area contributed by atoms with Gasteiger partial charge >= 0.3 is 11.9 Å². The van der Waals surface area contributed by atoms with Crippen LogP contribution >= 0.6 is 0 Å². The maximum atomic E-state index is 11.7. The number of nitrogen functional groups attached to an aromatic ring is 2. The van der Waals surface area contributed by atoms with E-state index in [0.29, 0.717) is 22.9 Å². The lowest BCUT2D eigenvalue weighted by molar-refractivity contribution is -0.146. The highest BCUT2D eigenvalue weighted by atomic mass is 16.6. The Morgan fingerprint density at radius 2 is 1.57 bits per heavy atom. The van der Waals surface area contributed by atoms with Gasteiger partial charge in [0.15, 0.2) is 0 Å². The zero-order chi connectivity index (χ0) is 20.5. The van der Waals surface area contributed by atoms with Crippen molar-refractivity contribution >= 4 is 29.4 Å². The van der Waals surface area contributed by atoms with Crippen molar-refractivity contribution in [2.45, 2.75) is 6.92 Å². The van der Waals surface area contributed by atoms with E-state index in [1.807, 2.05) is 0 Å². The minimum atomic E-state index is -0.540. The molecule has 7 heteroatoms. The van der Waals surface area contributed by atoms with E-state index in [1.54, 1.807) is 48.5 Å². The Morgan fingerprint density at radius 3 is 2.18 bits per heavy atom. The molecule has 0 bridgehead atoms. The molecule has 0 aliphatic carbocycles. The molecule has 0 unspecified atom stereocenters. The molecule has 0 amide bonds. The summed E-state index contributed by atoms with van der Waals surface area (Å²) in [5, 5.41) is 0. The number of ether oxygens (including phenoxy) is 3. The first-order chi connectivity index (χ1) is 13.3. The van der Waals surface area contributed by atoms with Gasteiger partial charge < -0.3 is 25.7 Å². The van der Waals surface area contributed by atoms with Crippen LogP contribution in [0.15, 0.2) is 60.7 Å². The fourth-order valence-electron chi connectivity index (χ4n) is 2.10. The molecule has 4 N–H and O–H groups in total. The van der Waals surface area contributed by atoms with E-state index >= 15 is 0 Å². The van der Waals surface area contributed by atoms with Crippen LogP contribution in [0.4, 0.5) is 11.4 Å². The third-order valence-corrected chi connectivity index (χ3v) is 3.39. The lowest BCUT2D eigenvalue weighted by Gasteiger charge is -2.08. The summed E-state index contributed by atoms with van der Waals surface area (Å²) in [6.07, 6.45) is 2.89. The number of anilines is 2. The Hall–Kier alpha value is -3.74. The summed E-state index contributed by atoms with van der Waals surface area (Å²) in [4.78, 5) is 22.8. The second kappa shape index (κ2) is 9.82. The molecule has 7 nitrogen and oxygen atoms in total. The van der Waals surface area contributed by atoms with Crippen LogP contribution in [0.3, 0.4) is 0 Å². The van der Waals surface area contributed by atoms with Gasteiger partial charge in [0, 0.05) is 35.2 Å². The van der Waals surface area contributed by atoms with Crippen molar-refractivity contribution < 1.29 is 23.8 Å². The number of hydrogen-bond donors (Lipinski definition) is 2. The third-order valence-electron chi connectivity index (χ3n) is 3.39. The highest BCUT2D eigenvalue weighted by Crippen LogP contribution is 2.26. The summed E-state index contributed by atoms with van der Waals surface area (Å²) >= 11 is 0. The predicted octanol–water partition coefficient (Wildman–Crippen LogP) is 3.32. The molecule has 0 radical (unpaired) electrons. The van der Waals surface area contributed by atoms with Crippen molar-refractivity contribution in [2.24, 2.45) is 0 Å². The lowest BCUT2D eigenvalue weighted by Crippen LogP contribution is -2.12. The monoisotopic (exact) mass is 382 g/mol. The number of hydrogen-bond acceptors (Lipinski definition) is 7. The van der Waals surface area contributed by atoms with Gasteiger partial charge in [0.2, 0.25) is 0 Å². The maximum Gasteiger partial charge on any atom is 0.333 e. The van der Waals surface area contributed by atoms with Crippen LogP contribution in [0, 0.1) is 0 Å². The molecule has 0 atom stereocenters. The van der Waals surface area contributed by atoms with Crippen molar-refractivity contribution in [1.29, 1.82) is 0 Å². The standard InChI is InChI=1S/C21H22N2O5/c1-14(2)21(25)27-10-9-26-20(24)8-5-15-3-6-18(7-4-15)28-19-12-16(22)11-17(23)13-19/h3-8,11-13H,1,9-10,22-23H2,2H3. The summed E-state index contributed by atoms with van der Waals surface area (Å²) in [5.41, 5.74) is 13.6. The van der Waals surface area contributed by atoms with Crippen LogP contribution in [0.5, 0.6) is 11.5 Å². The van der Waals surface area contributed by atoms with Crippen molar-refractivity contribution in [3.05, 3.63) is 66.3 Å². The Labute approximate surface area is 163 Å². The molecule has 0 saturated heterocycles. The molecule has 146 valence electrons. The summed E-state index contributed by atoms with van der Waals surface area (Å²) in [5.74, 6) is 0.0810. The van der Waals surface area contributed by atoms with Crippen LogP contribution in [0.2, 0.25) is 0 Å². The van der Waals surface area contributed by atoms with Gasteiger partial charge in [-0.25, -0.2) is 9.59 Å². The minimum Gasteiger partial charge on any atom is -0.459 e. The van der Waals surface area contributed by atoms with Crippen molar-refractivity contribution in [2.75, 3.05) is 24.7 Å². The van der Waals surface area contributed by atoms with E-state index in [2.05, 4.69) is 6.58 Å². The SMILES string of the molecule is C=C(C)C(=O)OCCOC(=O)C=Cc1ccc(Oc2cc(N)cc(N)c2)cc1. The van der Waals surface area contributed by atoms with Gasteiger partial charge in [-0.15, -0.1) is 0 Å². The molecule has 2 aromatic rings. The van der Waals surface area contributed by atoms with Gasteiger partial charge in [-0.1, -0.05) is 18.7 Å². The lowest BCUT2D eigenvalue weighted by atomic mass is 10.2. The third kappa shape index (κ3) is 6.87. The molecular formula is C21H22N2O5. The number of esters is 2. The van der Waals surface area contributed by atoms with E-state index in [9.17, 15) is 9.59 Å². The van der Waals surface area contributed by atoms with Gasteiger partial charge in [0.25, 0.3) is 0 Å². The Bertz CT molecular complexity index is 868. The van der Waals surface area contributed by atoms with Crippen LogP contribution < -0.4 is 16.2 Å². The summed E-state index contributed by atoms with van der Waals surface area (Å²) in [6, 6.07) is 12.1. The number of nitrogens with two attached hydrogens (primary N) is 2. The molecule has 2 rings (SSSR count). The Kier molecular flexibility index (Phi) is 7.21. The van der Waals surface area contributed by atoms with Crippen LogP contribution in [0.1, 0.15) is 12.5 Å². The van der Waals surface area contributed by atoms with Crippen LogP contribution in [0.25, 0.3) is 6.08 Å². The van der Waals surface area contributed by atoms with E-state index in [0.717, 1.165) is 5.56 Å². The Morgan fingerprint density at radius 1 is 0.964 bits per heavy atom. The molecule has 0 fully saturated rings. The van der Waals surface area contributed by atoms with Gasteiger partial charge in [-0.3, -0.25) is 0 Å². The minimum absolute atomic E-state index is 0.0220. The molecule has 0 heterocycles. The summed E-state index contributed by atoms with van der Waals surface area (Å²) < 4.78 is 15.5. The number of benzene rings is 2. The molecular weight excluding hydrogens is 360 g/mol. The van der Waals surface area contributed by atoms with Crippen LogP contribution in [-0.4, -0.2) is 25.2 Å². The van der Waals surface area contributed by atoms with Crippen molar-refractivity contribution in [3.63, 3.8) is 0 Å². The zero-order valence-corrected chi connectivity index (χ0v) is 15.5. The normalized spacial score (nSPS) is 10.5. The van der Waals surface area contributed by atoms with Gasteiger partial charge in [0.05, 0.1) is 0 Å². The first-order valence-electron chi connectivity index (χ1n) is 8.45. The van der Waals surface area contributed by atoms with E-state index in [4.69, 9.17) is 25.7 Å². The molecule has 0 spiro atoms.